The summed E-state index contributed by atoms with van der Waals surface area (Å²) < 4.78 is 2.00. The number of hydrogen-bond donors (Lipinski definition) is 1. The molecule has 110 valence electrons. The van der Waals surface area contributed by atoms with Gasteiger partial charge in [0.2, 0.25) is 0 Å². The molecule has 0 aromatic carbocycles. The predicted octanol–water partition coefficient (Wildman–Crippen LogP) is 3.55. The van der Waals surface area contributed by atoms with E-state index in [1.165, 1.54) is 37.8 Å². The van der Waals surface area contributed by atoms with Crippen LogP contribution in [0.25, 0.3) is 0 Å². The highest BCUT2D eigenvalue weighted by Gasteiger charge is 2.19. The average Bonchev–Trinajstić information content (AvgIpc) is 2.80. The van der Waals surface area contributed by atoms with Crippen molar-refractivity contribution in [1.29, 1.82) is 0 Å². The maximum absolute atomic E-state index is 4.25. The second kappa shape index (κ2) is 9.13. The lowest BCUT2D eigenvalue weighted by Gasteiger charge is -2.27. The van der Waals surface area contributed by atoms with E-state index < -0.39 is 0 Å². The minimum atomic E-state index is 0.653. The van der Waals surface area contributed by atoms with E-state index in [4.69, 9.17) is 0 Å². The molecule has 0 aliphatic carbocycles. The van der Waals surface area contributed by atoms with Crippen LogP contribution >= 0.6 is 0 Å². The highest BCUT2D eigenvalue weighted by Crippen LogP contribution is 2.21. The van der Waals surface area contributed by atoms with Gasteiger partial charge in [0.15, 0.2) is 0 Å². The summed E-state index contributed by atoms with van der Waals surface area (Å²) in [6, 6.07) is 2.79. The topological polar surface area (TPSA) is 29.9 Å². The summed E-state index contributed by atoms with van der Waals surface area (Å²) >= 11 is 0. The lowest BCUT2D eigenvalue weighted by atomic mass is 9.87. The highest BCUT2D eigenvalue weighted by atomic mass is 15.2. The molecule has 0 bridgehead atoms. The second-order valence-electron chi connectivity index (χ2n) is 5.49. The highest BCUT2D eigenvalue weighted by molar-refractivity contribution is 5.00. The Labute approximate surface area is 118 Å². The van der Waals surface area contributed by atoms with Gasteiger partial charge in [0.25, 0.3) is 0 Å². The van der Waals surface area contributed by atoms with Crippen molar-refractivity contribution >= 4 is 0 Å². The third-order valence-corrected chi connectivity index (χ3v) is 3.99. The van der Waals surface area contributed by atoms with Crippen LogP contribution in [0.3, 0.4) is 0 Å². The first-order valence-electron chi connectivity index (χ1n) is 7.93. The first-order valence-corrected chi connectivity index (χ1v) is 7.93. The van der Waals surface area contributed by atoms with Gasteiger partial charge >= 0.3 is 0 Å². The molecule has 1 unspecified atom stereocenters. The van der Waals surface area contributed by atoms with Crippen LogP contribution in [0.5, 0.6) is 0 Å². The zero-order valence-corrected chi connectivity index (χ0v) is 13.2. The Balaban J connectivity index is 2.56. The Kier molecular flexibility index (Phi) is 7.80. The second-order valence-corrected chi connectivity index (χ2v) is 5.49. The molecular weight excluding hydrogens is 234 g/mol. The van der Waals surface area contributed by atoms with Crippen LogP contribution in [-0.2, 0) is 13.5 Å². The molecule has 1 heterocycles. The molecule has 1 N–H and O–H groups in total. The minimum absolute atomic E-state index is 0.653. The van der Waals surface area contributed by atoms with Gasteiger partial charge in [-0.3, -0.25) is 4.68 Å². The van der Waals surface area contributed by atoms with E-state index in [0.29, 0.717) is 6.04 Å². The fourth-order valence-electron chi connectivity index (χ4n) is 3.00. The molecule has 0 amide bonds. The Morgan fingerprint density at radius 2 is 1.84 bits per heavy atom. The maximum Gasteiger partial charge on any atom is 0.0492 e. The monoisotopic (exact) mass is 265 g/mol. The molecule has 0 aliphatic heterocycles. The molecule has 0 radical (unpaired) electrons. The number of nitrogens with one attached hydrogen (secondary N) is 1. The normalized spacial score (nSPS) is 13.1. The van der Waals surface area contributed by atoms with E-state index in [9.17, 15) is 0 Å². The summed E-state index contributed by atoms with van der Waals surface area (Å²) in [6.45, 7) is 7.88. The molecule has 0 fully saturated rings. The van der Waals surface area contributed by atoms with Crippen LogP contribution in [0.1, 0.15) is 58.6 Å². The van der Waals surface area contributed by atoms with Crippen molar-refractivity contribution < 1.29 is 0 Å². The van der Waals surface area contributed by atoms with Crippen LogP contribution in [0.2, 0.25) is 0 Å². The zero-order chi connectivity index (χ0) is 14.1. The molecular formula is C16H31N3. The van der Waals surface area contributed by atoms with Crippen molar-refractivity contribution in [2.75, 3.05) is 6.54 Å². The van der Waals surface area contributed by atoms with Crippen molar-refractivity contribution in [2.45, 2.75) is 65.3 Å². The van der Waals surface area contributed by atoms with Crippen LogP contribution < -0.4 is 5.32 Å². The molecule has 1 aromatic heterocycles. The van der Waals surface area contributed by atoms with Crippen molar-refractivity contribution in [1.82, 2.24) is 15.1 Å². The first kappa shape index (κ1) is 16.2. The zero-order valence-electron chi connectivity index (χ0n) is 13.2. The van der Waals surface area contributed by atoms with Crippen molar-refractivity contribution in [3.8, 4) is 0 Å². The Bertz CT molecular complexity index is 326. The summed E-state index contributed by atoms with van der Waals surface area (Å²) in [4.78, 5) is 0. The van der Waals surface area contributed by atoms with Gasteiger partial charge in [-0.25, -0.2) is 0 Å². The molecule has 3 heteroatoms. The van der Waals surface area contributed by atoms with Gasteiger partial charge in [0.05, 0.1) is 0 Å². The largest absolute Gasteiger partial charge is 0.314 e. The molecule has 1 atom stereocenters. The summed E-state index contributed by atoms with van der Waals surface area (Å²) in [5.74, 6) is 0.822. The van der Waals surface area contributed by atoms with Crippen LogP contribution in [0, 0.1) is 5.92 Å². The van der Waals surface area contributed by atoms with E-state index in [0.717, 1.165) is 18.9 Å². The number of nitrogens with zero attached hydrogens (tertiary/aromatic N) is 2. The van der Waals surface area contributed by atoms with E-state index in [-0.39, 0.29) is 0 Å². The fourth-order valence-corrected chi connectivity index (χ4v) is 3.00. The lowest BCUT2D eigenvalue weighted by molar-refractivity contribution is 0.299. The maximum atomic E-state index is 4.25. The number of aromatic nitrogens is 2. The molecule has 1 rings (SSSR count). The Morgan fingerprint density at radius 3 is 2.32 bits per heavy atom. The Morgan fingerprint density at radius 1 is 1.16 bits per heavy atom. The van der Waals surface area contributed by atoms with Gasteiger partial charge in [0, 0.05) is 25.0 Å². The van der Waals surface area contributed by atoms with Gasteiger partial charge in [-0.2, -0.15) is 5.10 Å². The fraction of sp³-hybridized carbons (Fsp3) is 0.812. The van der Waals surface area contributed by atoms with E-state index >= 15 is 0 Å². The third-order valence-electron chi connectivity index (χ3n) is 3.99. The number of hydrogen-bond acceptors (Lipinski definition) is 2. The lowest BCUT2D eigenvalue weighted by Crippen LogP contribution is -2.36. The summed E-state index contributed by atoms with van der Waals surface area (Å²) in [5.41, 5.74) is 1.34. The average molecular weight is 265 g/mol. The quantitative estimate of drug-likeness (QED) is 0.701. The van der Waals surface area contributed by atoms with E-state index in [1.54, 1.807) is 0 Å². The van der Waals surface area contributed by atoms with Gasteiger partial charge in [-0.05, 0) is 44.2 Å². The first-order chi connectivity index (χ1) is 9.22. The van der Waals surface area contributed by atoms with Gasteiger partial charge in [0.1, 0.15) is 0 Å². The molecule has 0 aliphatic rings. The van der Waals surface area contributed by atoms with Gasteiger partial charge in [-0.1, -0.05) is 33.6 Å². The Hall–Kier alpha value is -0.830. The van der Waals surface area contributed by atoms with Crippen molar-refractivity contribution in [3.63, 3.8) is 0 Å². The SMILES string of the molecule is CCCC(CCC)C(CCc1ccnn1C)NCC. The summed E-state index contributed by atoms with van der Waals surface area (Å²) in [6.07, 6.45) is 9.51. The van der Waals surface area contributed by atoms with Crippen molar-refractivity contribution in [2.24, 2.45) is 13.0 Å². The van der Waals surface area contributed by atoms with E-state index in [2.05, 4.69) is 37.3 Å². The van der Waals surface area contributed by atoms with Crippen LogP contribution in [0.4, 0.5) is 0 Å². The van der Waals surface area contributed by atoms with Crippen LogP contribution in [-0.4, -0.2) is 22.4 Å². The molecule has 1 aromatic rings. The molecule has 0 saturated carbocycles. The molecule has 0 spiro atoms. The minimum Gasteiger partial charge on any atom is -0.314 e. The standard InChI is InChI=1S/C16H31N3/c1-5-8-14(9-6-2)16(17-7-3)11-10-15-12-13-18-19(15)4/h12-14,16-17H,5-11H2,1-4H3. The smallest absolute Gasteiger partial charge is 0.0492 e. The van der Waals surface area contributed by atoms with E-state index in [1.807, 2.05) is 17.9 Å². The van der Waals surface area contributed by atoms with Gasteiger partial charge in [-0.15, -0.1) is 0 Å². The van der Waals surface area contributed by atoms with Crippen LogP contribution in [0.15, 0.2) is 12.3 Å². The van der Waals surface area contributed by atoms with Crippen molar-refractivity contribution in [3.05, 3.63) is 18.0 Å². The van der Waals surface area contributed by atoms with Gasteiger partial charge < -0.3 is 5.32 Å². The third kappa shape index (κ3) is 5.35. The number of rotatable bonds is 10. The number of aryl methyl sites for hydroxylation is 2. The molecule has 3 nitrogen and oxygen atoms in total. The summed E-state index contributed by atoms with van der Waals surface area (Å²) in [5, 5.41) is 7.96. The predicted molar refractivity (Wildman–Crippen MR) is 82.3 cm³/mol. The molecule has 19 heavy (non-hydrogen) atoms. The molecule has 0 saturated heterocycles. The summed E-state index contributed by atoms with van der Waals surface area (Å²) in [7, 11) is 2.03.